The molecule has 0 atom stereocenters. The highest BCUT2D eigenvalue weighted by Crippen LogP contribution is 2.60. The Bertz CT molecular complexity index is 676. The van der Waals surface area contributed by atoms with Gasteiger partial charge in [-0.25, -0.2) is 4.79 Å². The number of halogens is 1. The second-order valence-electron chi connectivity index (χ2n) is 8.05. The van der Waals surface area contributed by atoms with E-state index in [0.29, 0.717) is 33.5 Å². The number of benzene rings is 1. The first-order valence-corrected chi connectivity index (χ1v) is 9.82. The lowest BCUT2D eigenvalue weighted by Gasteiger charge is -2.55. The Labute approximate surface area is 156 Å². The van der Waals surface area contributed by atoms with Gasteiger partial charge in [0.15, 0.2) is 12.4 Å². The summed E-state index contributed by atoms with van der Waals surface area (Å²) in [6.45, 7) is -0.103. The van der Waals surface area contributed by atoms with Gasteiger partial charge in [-0.05, 0) is 90.4 Å². The molecule has 0 aromatic heterocycles. The minimum atomic E-state index is -0.457. The predicted octanol–water partition coefficient (Wildman–Crippen LogP) is 4.40. The first-order valence-electron chi connectivity index (χ1n) is 9.03. The van der Waals surface area contributed by atoms with Crippen molar-refractivity contribution in [2.24, 2.45) is 23.2 Å². The van der Waals surface area contributed by atoms with E-state index >= 15 is 0 Å². The SMILES string of the molecule is COc1ccc(C(=O)OCC(=O)C23CC4CC(CC(C4)C2)C3)cc1Br. The van der Waals surface area contributed by atoms with Gasteiger partial charge in [-0.1, -0.05) is 0 Å². The van der Waals surface area contributed by atoms with Gasteiger partial charge in [0.05, 0.1) is 17.1 Å². The topological polar surface area (TPSA) is 52.6 Å². The van der Waals surface area contributed by atoms with E-state index in [-0.39, 0.29) is 17.8 Å². The average Bonchev–Trinajstić information content (AvgIpc) is 2.58. The summed E-state index contributed by atoms with van der Waals surface area (Å²) in [5, 5.41) is 0. The van der Waals surface area contributed by atoms with Gasteiger partial charge in [0, 0.05) is 5.41 Å². The number of hydrogen-bond donors (Lipinski definition) is 0. The van der Waals surface area contributed by atoms with Gasteiger partial charge in [0.25, 0.3) is 0 Å². The molecule has 1 aromatic carbocycles. The highest BCUT2D eigenvalue weighted by atomic mass is 79.9. The summed E-state index contributed by atoms with van der Waals surface area (Å²) in [5.41, 5.74) is 0.209. The van der Waals surface area contributed by atoms with E-state index in [4.69, 9.17) is 9.47 Å². The summed E-state index contributed by atoms with van der Waals surface area (Å²) in [5.74, 6) is 2.46. The van der Waals surface area contributed by atoms with Crippen molar-refractivity contribution in [3.8, 4) is 5.75 Å². The Kier molecular flexibility index (Phi) is 4.38. The quantitative estimate of drug-likeness (QED) is 0.679. The fourth-order valence-electron chi connectivity index (χ4n) is 5.61. The maximum atomic E-state index is 12.9. The van der Waals surface area contributed by atoms with Crippen LogP contribution in [-0.4, -0.2) is 25.5 Å². The average molecular weight is 407 g/mol. The molecule has 0 saturated heterocycles. The van der Waals surface area contributed by atoms with Crippen molar-refractivity contribution in [3.05, 3.63) is 28.2 Å². The summed E-state index contributed by atoms with van der Waals surface area (Å²) in [4.78, 5) is 25.2. The molecule has 1 aromatic rings. The Morgan fingerprint density at radius 1 is 1.12 bits per heavy atom. The maximum absolute atomic E-state index is 12.9. The second kappa shape index (κ2) is 6.42. The van der Waals surface area contributed by atoms with Gasteiger partial charge < -0.3 is 9.47 Å². The molecule has 0 spiro atoms. The lowest BCUT2D eigenvalue weighted by Crippen LogP contribution is -2.51. The van der Waals surface area contributed by atoms with E-state index in [0.717, 1.165) is 19.3 Å². The van der Waals surface area contributed by atoms with E-state index < -0.39 is 5.97 Å². The molecule has 4 fully saturated rings. The van der Waals surface area contributed by atoms with Crippen LogP contribution in [0, 0.1) is 23.2 Å². The fraction of sp³-hybridized carbons (Fsp3) is 0.600. The van der Waals surface area contributed by atoms with E-state index in [1.165, 1.54) is 19.3 Å². The van der Waals surface area contributed by atoms with Crippen LogP contribution in [-0.2, 0) is 9.53 Å². The van der Waals surface area contributed by atoms with Gasteiger partial charge in [0.2, 0.25) is 0 Å². The minimum absolute atomic E-state index is 0.103. The van der Waals surface area contributed by atoms with Crippen molar-refractivity contribution < 1.29 is 19.1 Å². The molecule has 0 unspecified atom stereocenters. The number of esters is 1. The van der Waals surface area contributed by atoms with Crippen LogP contribution >= 0.6 is 15.9 Å². The van der Waals surface area contributed by atoms with Gasteiger partial charge in [-0.15, -0.1) is 0 Å². The summed E-state index contributed by atoms with van der Waals surface area (Å²) in [7, 11) is 1.57. The molecule has 0 heterocycles. The molecule has 4 aliphatic carbocycles. The summed E-state index contributed by atoms with van der Waals surface area (Å²) >= 11 is 3.36. The zero-order valence-electron chi connectivity index (χ0n) is 14.4. The molecule has 4 aliphatic rings. The molecule has 4 nitrogen and oxygen atoms in total. The van der Waals surface area contributed by atoms with E-state index in [2.05, 4.69) is 15.9 Å². The Morgan fingerprint density at radius 2 is 1.72 bits per heavy atom. The molecule has 0 aliphatic heterocycles. The number of ketones is 1. The summed E-state index contributed by atoms with van der Waals surface area (Å²) < 4.78 is 11.2. The Balaban J connectivity index is 1.40. The number of ether oxygens (including phenoxy) is 2. The molecule has 4 saturated carbocycles. The predicted molar refractivity (Wildman–Crippen MR) is 96.6 cm³/mol. The van der Waals surface area contributed by atoms with Crippen LogP contribution in [0.15, 0.2) is 22.7 Å². The van der Waals surface area contributed by atoms with Crippen LogP contribution in [0.4, 0.5) is 0 Å². The number of carbonyl (C=O) groups excluding carboxylic acids is 2. The van der Waals surface area contributed by atoms with Crippen molar-refractivity contribution in [1.82, 2.24) is 0 Å². The number of hydrogen-bond acceptors (Lipinski definition) is 4. The van der Waals surface area contributed by atoms with Gasteiger partial charge >= 0.3 is 5.97 Å². The van der Waals surface area contributed by atoms with Crippen LogP contribution in [0.1, 0.15) is 48.9 Å². The first-order chi connectivity index (χ1) is 12.0. The highest BCUT2D eigenvalue weighted by molar-refractivity contribution is 9.10. The number of Topliss-reactive ketones (excluding diaryl/α,β-unsaturated/α-hetero) is 1. The van der Waals surface area contributed by atoms with Crippen LogP contribution in [0.5, 0.6) is 5.75 Å². The molecule has 5 rings (SSSR count). The smallest absolute Gasteiger partial charge is 0.338 e. The third kappa shape index (κ3) is 3.12. The zero-order valence-corrected chi connectivity index (χ0v) is 16.0. The lowest BCUT2D eigenvalue weighted by atomic mass is 9.48. The summed E-state index contributed by atoms with van der Waals surface area (Å²) in [6.07, 6.45) is 6.90. The van der Waals surface area contributed by atoms with Crippen LogP contribution in [0.2, 0.25) is 0 Å². The molecule has 0 N–H and O–H groups in total. The van der Waals surface area contributed by atoms with E-state index in [1.807, 2.05) is 0 Å². The third-order valence-corrected chi connectivity index (χ3v) is 6.97. The number of methoxy groups -OCH3 is 1. The minimum Gasteiger partial charge on any atom is -0.496 e. The standard InChI is InChI=1S/C20H23BrO4/c1-24-17-3-2-15(7-16(17)21)19(23)25-11-18(22)20-8-12-4-13(9-20)6-14(5-12)10-20/h2-3,7,12-14H,4-6,8-11H2,1H3. The molecule has 0 amide bonds. The molecule has 134 valence electrons. The Morgan fingerprint density at radius 3 is 2.24 bits per heavy atom. The van der Waals surface area contributed by atoms with E-state index in [1.54, 1.807) is 25.3 Å². The molecule has 4 bridgehead atoms. The third-order valence-electron chi connectivity index (χ3n) is 6.35. The molecular formula is C20H23BrO4. The maximum Gasteiger partial charge on any atom is 0.338 e. The van der Waals surface area contributed by atoms with Crippen LogP contribution < -0.4 is 4.74 Å². The zero-order chi connectivity index (χ0) is 17.6. The van der Waals surface area contributed by atoms with Gasteiger partial charge in [0.1, 0.15) is 5.75 Å². The fourth-order valence-corrected chi connectivity index (χ4v) is 6.15. The van der Waals surface area contributed by atoms with Crippen LogP contribution in [0.3, 0.4) is 0 Å². The molecule has 5 heteroatoms. The van der Waals surface area contributed by atoms with Crippen molar-refractivity contribution in [2.45, 2.75) is 38.5 Å². The van der Waals surface area contributed by atoms with Crippen LogP contribution in [0.25, 0.3) is 0 Å². The monoisotopic (exact) mass is 406 g/mol. The Hall–Kier alpha value is -1.36. The largest absolute Gasteiger partial charge is 0.496 e. The van der Waals surface area contributed by atoms with Gasteiger partial charge in [-0.3, -0.25) is 4.79 Å². The van der Waals surface area contributed by atoms with E-state index in [9.17, 15) is 9.59 Å². The second-order valence-corrected chi connectivity index (χ2v) is 8.90. The molecule has 0 radical (unpaired) electrons. The molecule has 25 heavy (non-hydrogen) atoms. The number of rotatable bonds is 5. The lowest BCUT2D eigenvalue weighted by molar-refractivity contribution is -0.147. The molecular weight excluding hydrogens is 384 g/mol. The first kappa shape index (κ1) is 17.1. The van der Waals surface area contributed by atoms with Crippen molar-refractivity contribution in [2.75, 3.05) is 13.7 Å². The van der Waals surface area contributed by atoms with Crippen molar-refractivity contribution in [1.29, 1.82) is 0 Å². The van der Waals surface area contributed by atoms with Crippen molar-refractivity contribution >= 4 is 27.7 Å². The normalized spacial score (nSPS) is 32.5. The highest BCUT2D eigenvalue weighted by Gasteiger charge is 2.54. The number of carbonyl (C=O) groups is 2. The van der Waals surface area contributed by atoms with Crippen molar-refractivity contribution in [3.63, 3.8) is 0 Å². The van der Waals surface area contributed by atoms with Gasteiger partial charge in [-0.2, -0.15) is 0 Å². The summed E-state index contributed by atoms with van der Waals surface area (Å²) in [6, 6.07) is 5.03.